The van der Waals surface area contributed by atoms with Crippen LogP contribution < -0.4 is 9.62 Å². The lowest BCUT2D eigenvalue weighted by atomic mass is 10.1. The third-order valence-corrected chi connectivity index (χ3v) is 8.85. The number of carbonyl (C=O) groups is 2. The maximum Gasteiger partial charge on any atom is 0.264 e. The molecule has 2 amide bonds. The molecule has 0 saturated carbocycles. The Balaban J connectivity index is 2.10. The van der Waals surface area contributed by atoms with Crippen LogP contribution in [0.1, 0.15) is 38.3 Å². The second-order valence-corrected chi connectivity index (χ2v) is 12.7. The van der Waals surface area contributed by atoms with Crippen LogP contribution in [0.3, 0.4) is 0 Å². The molecule has 11 heteroatoms. The van der Waals surface area contributed by atoms with Gasteiger partial charge in [-0.05, 0) is 80.8 Å². The zero-order valence-corrected chi connectivity index (χ0v) is 25.8. The summed E-state index contributed by atoms with van der Waals surface area (Å²) >= 11 is 18.5. The van der Waals surface area contributed by atoms with Gasteiger partial charge in [0, 0.05) is 27.7 Å². The molecule has 214 valence electrons. The van der Waals surface area contributed by atoms with Crippen molar-refractivity contribution >= 4 is 62.3 Å². The summed E-state index contributed by atoms with van der Waals surface area (Å²) in [6.07, 6.45) is 0.295. The zero-order chi connectivity index (χ0) is 29.6. The Labute approximate surface area is 251 Å². The number of aryl methyl sites for hydroxylation is 1. The highest BCUT2D eigenvalue weighted by atomic mass is 35.5. The highest BCUT2D eigenvalue weighted by Crippen LogP contribution is 2.29. The van der Waals surface area contributed by atoms with Crippen LogP contribution in [-0.2, 0) is 26.2 Å². The van der Waals surface area contributed by atoms with Crippen molar-refractivity contribution in [1.82, 2.24) is 10.2 Å². The number of anilines is 1. The predicted octanol–water partition coefficient (Wildman–Crippen LogP) is 6.48. The molecule has 7 nitrogen and oxygen atoms in total. The van der Waals surface area contributed by atoms with Crippen molar-refractivity contribution in [3.05, 3.63) is 92.9 Å². The summed E-state index contributed by atoms with van der Waals surface area (Å²) in [6, 6.07) is 16.5. The molecule has 3 aromatic carbocycles. The molecule has 40 heavy (non-hydrogen) atoms. The highest BCUT2D eigenvalue weighted by molar-refractivity contribution is 7.92. The first-order valence-corrected chi connectivity index (χ1v) is 15.3. The average Bonchev–Trinajstić information content (AvgIpc) is 2.88. The predicted molar refractivity (Wildman–Crippen MR) is 162 cm³/mol. The Morgan fingerprint density at radius 3 is 2.12 bits per heavy atom. The SMILES string of the molecule is CCC(C(=O)NC(C)C)N(Cc1ccc(Cl)cc1Cl)C(=O)CN(c1ccccc1C)S(=O)(=O)c1ccc(Cl)cc1. The van der Waals surface area contributed by atoms with Crippen LogP contribution in [0, 0.1) is 6.92 Å². The topological polar surface area (TPSA) is 86.8 Å². The Morgan fingerprint density at radius 1 is 0.925 bits per heavy atom. The van der Waals surface area contributed by atoms with Gasteiger partial charge in [0.05, 0.1) is 10.6 Å². The number of halogens is 3. The summed E-state index contributed by atoms with van der Waals surface area (Å²) in [6.45, 7) is 6.63. The Morgan fingerprint density at radius 2 is 1.55 bits per heavy atom. The van der Waals surface area contributed by atoms with E-state index in [4.69, 9.17) is 34.8 Å². The number of rotatable bonds is 11. The Hall–Kier alpha value is -2.78. The summed E-state index contributed by atoms with van der Waals surface area (Å²) in [4.78, 5) is 28.7. The summed E-state index contributed by atoms with van der Waals surface area (Å²) in [5.74, 6) is -0.920. The first-order chi connectivity index (χ1) is 18.8. The molecule has 0 aliphatic rings. The van der Waals surface area contributed by atoms with E-state index in [1.807, 2.05) is 13.8 Å². The van der Waals surface area contributed by atoms with E-state index in [1.54, 1.807) is 56.3 Å². The van der Waals surface area contributed by atoms with Crippen molar-refractivity contribution in [2.45, 2.75) is 57.6 Å². The molecule has 0 aliphatic heterocycles. The Bertz CT molecular complexity index is 1460. The number of benzene rings is 3. The second kappa shape index (κ2) is 13.7. The maximum atomic E-state index is 14.1. The van der Waals surface area contributed by atoms with Crippen LogP contribution in [0.4, 0.5) is 5.69 Å². The van der Waals surface area contributed by atoms with Crippen molar-refractivity contribution in [1.29, 1.82) is 0 Å². The Kier molecular flexibility index (Phi) is 10.9. The number of sulfonamides is 1. The molecular weight excluding hydrogens is 593 g/mol. The summed E-state index contributed by atoms with van der Waals surface area (Å²) in [5, 5.41) is 4.00. The first-order valence-electron chi connectivity index (χ1n) is 12.7. The zero-order valence-electron chi connectivity index (χ0n) is 22.7. The van der Waals surface area contributed by atoms with E-state index < -0.39 is 28.5 Å². The lowest BCUT2D eigenvalue weighted by Gasteiger charge is -2.34. The largest absolute Gasteiger partial charge is 0.352 e. The van der Waals surface area contributed by atoms with Crippen LogP contribution in [0.2, 0.25) is 15.1 Å². The number of hydrogen-bond acceptors (Lipinski definition) is 4. The van der Waals surface area contributed by atoms with E-state index in [9.17, 15) is 18.0 Å². The van der Waals surface area contributed by atoms with Gasteiger partial charge in [0.25, 0.3) is 10.0 Å². The van der Waals surface area contributed by atoms with Crippen molar-refractivity contribution in [2.24, 2.45) is 0 Å². The van der Waals surface area contributed by atoms with Gasteiger partial charge in [0.2, 0.25) is 11.8 Å². The van der Waals surface area contributed by atoms with Crippen LogP contribution >= 0.6 is 34.8 Å². The summed E-state index contributed by atoms with van der Waals surface area (Å²) in [5.41, 5.74) is 1.57. The van der Waals surface area contributed by atoms with Crippen molar-refractivity contribution < 1.29 is 18.0 Å². The van der Waals surface area contributed by atoms with Gasteiger partial charge >= 0.3 is 0 Å². The number of amides is 2. The minimum atomic E-state index is -4.20. The highest BCUT2D eigenvalue weighted by Gasteiger charge is 2.34. The molecule has 1 N–H and O–H groups in total. The first kappa shape index (κ1) is 31.7. The maximum absolute atomic E-state index is 14.1. The van der Waals surface area contributed by atoms with E-state index in [1.165, 1.54) is 29.2 Å². The van der Waals surface area contributed by atoms with Crippen molar-refractivity contribution in [3.8, 4) is 0 Å². The molecule has 0 bridgehead atoms. The molecular formula is C29H32Cl3N3O4S. The monoisotopic (exact) mass is 623 g/mol. The van der Waals surface area contributed by atoms with Crippen LogP contribution in [0.5, 0.6) is 0 Å². The van der Waals surface area contributed by atoms with Gasteiger partial charge < -0.3 is 10.2 Å². The molecule has 1 unspecified atom stereocenters. The van der Waals surface area contributed by atoms with E-state index in [2.05, 4.69) is 5.32 Å². The van der Waals surface area contributed by atoms with E-state index in [0.29, 0.717) is 38.3 Å². The lowest BCUT2D eigenvalue weighted by Crippen LogP contribution is -2.53. The third kappa shape index (κ3) is 7.69. The molecule has 3 aromatic rings. The fourth-order valence-electron chi connectivity index (χ4n) is 4.22. The summed E-state index contributed by atoms with van der Waals surface area (Å²) < 4.78 is 28.9. The number of para-hydroxylation sites is 1. The van der Waals surface area contributed by atoms with E-state index >= 15 is 0 Å². The minimum Gasteiger partial charge on any atom is -0.352 e. The normalized spacial score (nSPS) is 12.2. The third-order valence-electron chi connectivity index (χ3n) is 6.24. The van der Waals surface area contributed by atoms with Gasteiger partial charge in [0.15, 0.2) is 0 Å². The van der Waals surface area contributed by atoms with Gasteiger partial charge in [-0.1, -0.05) is 66.0 Å². The van der Waals surface area contributed by atoms with E-state index in [-0.39, 0.29) is 23.4 Å². The van der Waals surface area contributed by atoms with Crippen molar-refractivity contribution in [2.75, 3.05) is 10.8 Å². The number of carbonyl (C=O) groups excluding carboxylic acids is 2. The average molecular weight is 625 g/mol. The number of nitrogens with one attached hydrogen (secondary N) is 1. The molecule has 0 aliphatic carbocycles. The van der Waals surface area contributed by atoms with Crippen LogP contribution in [-0.4, -0.2) is 43.8 Å². The molecule has 0 spiro atoms. The molecule has 3 rings (SSSR count). The molecule has 0 heterocycles. The fourth-order valence-corrected chi connectivity index (χ4v) is 6.30. The van der Waals surface area contributed by atoms with Crippen LogP contribution in [0.25, 0.3) is 0 Å². The van der Waals surface area contributed by atoms with Crippen molar-refractivity contribution in [3.63, 3.8) is 0 Å². The molecule has 0 saturated heterocycles. The fraction of sp³-hybridized carbons (Fsp3) is 0.310. The second-order valence-electron chi connectivity index (χ2n) is 9.60. The van der Waals surface area contributed by atoms with Gasteiger partial charge in [-0.15, -0.1) is 0 Å². The molecule has 0 aromatic heterocycles. The smallest absolute Gasteiger partial charge is 0.264 e. The quantitative estimate of drug-likeness (QED) is 0.265. The molecule has 0 fully saturated rings. The summed E-state index contributed by atoms with van der Waals surface area (Å²) in [7, 11) is -4.20. The number of hydrogen-bond donors (Lipinski definition) is 1. The van der Waals surface area contributed by atoms with Gasteiger partial charge in [0.1, 0.15) is 12.6 Å². The van der Waals surface area contributed by atoms with Gasteiger partial charge in [-0.25, -0.2) is 8.42 Å². The molecule has 1 atom stereocenters. The van der Waals surface area contributed by atoms with Gasteiger partial charge in [-0.3, -0.25) is 13.9 Å². The van der Waals surface area contributed by atoms with E-state index in [0.717, 1.165) is 4.31 Å². The minimum absolute atomic E-state index is 0.0233. The van der Waals surface area contributed by atoms with Crippen LogP contribution in [0.15, 0.2) is 71.6 Å². The van der Waals surface area contributed by atoms with Gasteiger partial charge in [-0.2, -0.15) is 0 Å². The molecule has 0 radical (unpaired) electrons. The standard InChI is InChI=1S/C29H32Cl3N3O4S/c1-5-26(29(37)33-19(2)3)34(17-21-10-11-23(31)16-25(21)32)28(36)18-35(27-9-7-6-8-20(27)4)40(38,39)24-14-12-22(30)13-15-24/h6-16,19,26H,5,17-18H2,1-4H3,(H,33,37). The lowest BCUT2D eigenvalue weighted by molar-refractivity contribution is -0.140. The number of nitrogens with zero attached hydrogens (tertiary/aromatic N) is 2.